The second-order valence-corrected chi connectivity index (χ2v) is 9.21. The minimum Gasteiger partial charge on any atom is -0.368 e. The summed E-state index contributed by atoms with van der Waals surface area (Å²) in [5.41, 5.74) is 11.6. The predicted molar refractivity (Wildman–Crippen MR) is 160 cm³/mol. The zero-order valence-corrected chi connectivity index (χ0v) is 22.0. The highest BCUT2D eigenvalue weighted by Crippen LogP contribution is 2.27. The van der Waals surface area contributed by atoms with Crippen LogP contribution in [0.5, 0.6) is 0 Å². The lowest BCUT2D eigenvalue weighted by molar-refractivity contribution is -0.122. The van der Waals surface area contributed by atoms with Crippen LogP contribution < -0.4 is 21.3 Å². The SMILES string of the molecule is C=CC(=O)Nc1cccc(C2=CC=C/C(=C/N=C)C2=NCNc2ccc(N3CCN(C)C(C(N)=O)C3)cc2)c1. The molecule has 2 aromatic rings. The molecule has 200 valence electrons. The molecule has 0 radical (unpaired) electrons. The molecule has 9 heteroatoms. The average molecular weight is 524 g/mol. The first-order chi connectivity index (χ1) is 18.9. The van der Waals surface area contributed by atoms with Crippen molar-refractivity contribution in [3.8, 4) is 0 Å². The van der Waals surface area contributed by atoms with Crippen molar-refractivity contribution >= 4 is 46.9 Å². The van der Waals surface area contributed by atoms with E-state index >= 15 is 0 Å². The molecule has 4 N–H and O–H groups in total. The molecule has 0 saturated carbocycles. The lowest BCUT2D eigenvalue weighted by Crippen LogP contribution is -2.56. The van der Waals surface area contributed by atoms with E-state index in [-0.39, 0.29) is 17.9 Å². The van der Waals surface area contributed by atoms with Crippen LogP contribution in [0.15, 0.2) is 101 Å². The van der Waals surface area contributed by atoms with Gasteiger partial charge in [-0.2, -0.15) is 0 Å². The second-order valence-electron chi connectivity index (χ2n) is 9.21. The zero-order valence-electron chi connectivity index (χ0n) is 22.0. The van der Waals surface area contributed by atoms with Crippen molar-refractivity contribution in [3.05, 3.63) is 96.8 Å². The van der Waals surface area contributed by atoms with Crippen LogP contribution >= 0.6 is 0 Å². The third kappa shape index (κ3) is 6.77. The van der Waals surface area contributed by atoms with E-state index in [9.17, 15) is 9.59 Å². The Hall–Kier alpha value is -4.76. The highest BCUT2D eigenvalue weighted by molar-refractivity contribution is 6.34. The first-order valence-electron chi connectivity index (χ1n) is 12.6. The summed E-state index contributed by atoms with van der Waals surface area (Å²) in [6.07, 6.45) is 8.77. The summed E-state index contributed by atoms with van der Waals surface area (Å²) in [4.78, 5) is 36.5. The fourth-order valence-corrected chi connectivity index (χ4v) is 4.55. The molecule has 1 unspecified atom stereocenters. The van der Waals surface area contributed by atoms with Crippen LogP contribution in [0, 0.1) is 0 Å². The Kier molecular flexibility index (Phi) is 8.86. The van der Waals surface area contributed by atoms with Gasteiger partial charge in [0.2, 0.25) is 11.8 Å². The fourth-order valence-electron chi connectivity index (χ4n) is 4.55. The van der Waals surface area contributed by atoms with Crippen molar-refractivity contribution in [2.45, 2.75) is 6.04 Å². The van der Waals surface area contributed by atoms with Crippen LogP contribution in [0.4, 0.5) is 17.1 Å². The minimum atomic E-state index is -0.307. The summed E-state index contributed by atoms with van der Waals surface area (Å²) in [7, 11) is 1.92. The molecule has 1 fully saturated rings. The number of piperazine rings is 1. The number of hydrogen-bond donors (Lipinski definition) is 3. The topological polar surface area (TPSA) is 115 Å². The molecule has 1 aliphatic carbocycles. The lowest BCUT2D eigenvalue weighted by atomic mass is 9.92. The van der Waals surface area contributed by atoms with Crippen LogP contribution in [0.3, 0.4) is 0 Å². The molecule has 0 spiro atoms. The van der Waals surface area contributed by atoms with E-state index in [1.807, 2.05) is 78.7 Å². The summed E-state index contributed by atoms with van der Waals surface area (Å²) in [5.74, 6) is -0.579. The number of nitrogens with two attached hydrogens (primary N) is 1. The van der Waals surface area contributed by atoms with Crippen molar-refractivity contribution in [1.29, 1.82) is 0 Å². The monoisotopic (exact) mass is 523 g/mol. The van der Waals surface area contributed by atoms with Gasteiger partial charge in [0.1, 0.15) is 12.7 Å². The van der Waals surface area contributed by atoms with Gasteiger partial charge in [-0.05, 0) is 61.8 Å². The molecule has 1 saturated heterocycles. The minimum absolute atomic E-state index is 0.273. The lowest BCUT2D eigenvalue weighted by Gasteiger charge is -2.39. The van der Waals surface area contributed by atoms with Crippen LogP contribution in [0.2, 0.25) is 0 Å². The van der Waals surface area contributed by atoms with Crippen molar-refractivity contribution in [2.24, 2.45) is 15.7 Å². The molecule has 0 bridgehead atoms. The van der Waals surface area contributed by atoms with Gasteiger partial charge in [0.05, 0.1) is 5.71 Å². The third-order valence-electron chi connectivity index (χ3n) is 6.65. The third-order valence-corrected chi connectivity index (χ3v) is 6.65. The number of nitrogens with one attached hydrogen (secondary N) is 2. The van der Waals surface area contributed by atoms with Gasteiger partial charge in [-0.1, -0.05) is 36.9 Å². The summed E-state index contributed by atoms with van der Waals surface area (Å²) in [5, 5.41) is 6.15. The van der Waals surface area contributed by atoms with Gasteiger partial charge < -0.3 is 21.3 Å². The molecule has 1 aliphatic heterocycles. The van der Waals surface area contributed by atoms with Crippen LogP contribution in [0.25, 0.3) is 5.57 Å². The molecular weight excluding hydrogens is 490 g/mol. The van der Waals surface area contributed by atoms with E-state index in [0.717, 1.165) is 46.9 Å². The van der Waals surface area contributed by atoms with E-state index in [4.69, 9.17) is 10.7 Å². The van der Waals surface area contributed by atoms with Gasteiger partial charge in [-0.25, -0.2) is 0 Å². The zero-order chi connectivity index (χ0) is 27.8. The quantitative estimate of drug-likeness (QED) is 0.344. The highest BCUT2D eigenvalue weighted by Gasteiger charge is 2.28. The number of nitrogens with zero attached hydrogens (tertiary/aromatic N) is 4. The number of hydrogen-bond acceptors (Lipinski definition) is 7. The van der Waals surface area contributed by atoms with Gasteiger partial charge in [0.15, 0.2) is 0 Å². The Morgan fingerprint density at radius 2 is 1.95 bits per heavy atom. The Morgan fingerprint density at radius 1 is 1.15 bits per heavy atom. The van der Waals surface area contributed by atoms with E-state index in [1.54, 1.807) is 6.20 Å². The van der Waals surface area contributed by atoms with Crippen LogP contribution in [-0.2, 0) is 9.59 Å². The molecule has 39 heavy (non-hydrogen) atoms. The Bertz CT molecular complexity index is 1370. The number of allylic oxidation sites excluding steroid dienone is 5. The van der Waals surface area contributed by atoms with Crippen molar-refractivity contribution in [3.63, 3.8) is 0 Å². The maximum Gasteiger partial charge on any atom is 0.247 e. The normalized spacial score (nSPS) is 19.5. The summed E-state index contributed by atoms with van der Waals surface area (Å²) >= 11 is 0. The van der Waals surface area contributed by atoms with E-state index < -0.39 is 0 Å². The number of rotatable bonds is 9. The standard InChI is InChI=1S/C30H33N7O2/c1-4-28(38)35-24-9-5-7-21(17-24)26-10-6-8-22(18-32-2)29(26)34-20-33-23-11-13-25(14-12-23)37-16-15-36(3)27(19-37)30(31)39/h4-14,17-18,27,33H,1-2,15-16,19-20H2,3H3,(H2,31,39)(H,35,38)/b22-18-,34-29?. The van der Waals surface area contributed by atoms with E-state index in [1.165, 1.54) is 6.08 Å². The number of carbonyl (C=O) groups is 2. The first-order valence-corrected chi connectivity index (χ1v) is 12.6. The molecular formula is C30H33N7O2. The number of benzene rings is 2. The van der Waals surface area contributed by atoms with Crippen molar-refractivity contribution in [1.82, 2.24) is 4.90 Å². The number of carbonyl (C=O) groups excluding carboxylic acids is 2. The molecule has 4 rings (SSSR count). The maximum atomic E-state index is 11.8. The van der Waals surface area contributed by atoms with Gasteiger partial charge in [-0.3, -0.25) is 24.5 Å². The predicted octanol–water partition coefficient (Wildman–Crippen LogP) is 3.47. The summed E-state index contributed by atoms with van der Waals surface area (Å²) in [6.45, 7) is 9.61. The summed E-state index contributed by atoms with van der Waals surface area (Å²) in [6, 6.07) is 15.3. The Morgan fingerprint density at radius 3 is 2.67 bits per heavy atom. The van der Waals surface area contributed by atoms with Gasteiger partial charge in [-0.15, -0.1) is 0 Å². The van der Waals surface area contributed by atoms with Crippen LogP contribution in [-0.4, -0.2) is 68.5 Å². The second kappa shape index (κ2) is 12.7. The summed E-state index contributed by atoms with van der Waals surface area (Å²) < 4.78 is 0. The molecule has 0 aromatic heterocycles. The van der Waals surface area contributed by atoms with E-state index in [0.29, 0.717) is 18.9 Å². The Balaban J connectivity index is 1.48. The van der Waals surface area contributed by atoms with Gasteiger partial charge in [0, 0.05) is 54.0 Å². The van der Waals surface area contributed by atoms with E-state index in [2.05, 4.69) is 33.8 Å². The first kappa shape index (κ1) is 27.3. The smallest absolute Gasteiger partial charge is 0.247 e. The van der Waals surface area contributed by atoms with Crippen molar-refractivity contribution in [2.75, 3.05) is 48.9 Å². The number of aliphatic imine (C=N–C) groups is 2. The Labute approximate surface area is 228 Å². The maximum absolute atomic E-state index is 11.8. The van der Waals surface area contributed by atoms with Gasteiger partial charge >= 0.3 is 0 Å². The molecule has 9 nitrogen and oxygen atoms in total. The average Bonchev–Trinajstić information content (AvgIpc) is 2.94. The largest absolute Gasteiger partial charge is 0.368 e. The molecule has 1 atom stereocenters. The number of primary amides is 1. The highest BCUT2D eigenvalue weighted by atomic mass is 16.2. The molecule has 2 aliphatic rings. The van der Waals surface area contributed by atoms with Crippen molar-refractivity contribution < 1.29 is 9.59 Å². The van der Waals surface area contributed by atoms with Gasteiger partial charge in [0.25, 0.3) is 0 Å². The number of amides is 2. The fraction of sp³-hybridized carbons (Fsp3) is 0.200. The number of anilines is 3. The number of likely N-dealkylation sites (N-methyl/N-ethyl adjacent to an activating group) is 1. The molecule has 2 aromatic carbocycles. The molecule has 2 amide bonds. The van der Waals surface area contributed by atoms with Crippen LogP contribution in [0.1, 0.15) is 5.56 Å². The molecule has 1 heterocycles.